The Balaban J connectivity index is 0.00000231. The number of halogens is 1. The maximum atomic E-state index is 13.2. The van der Waals surface area contributed by atoms with Gasteiger partial charge in [0, 0.05) is 37.8 Å². The number of nitrogens with zero attached hydrogens (tertiary/aromatic N) is 3. The van der Waals surface area contributed by atoms with E-state index < -0.39 is 0 Å². The van der Waals surface area contributed by atoms with Gasteiger partial charge in [-0.05, 0) is 58.7 Å². The summed E-state index contributed by atoms with van der Waals surface area (Å²) in [4.78, 5) is 22.7. The van der Waals surface area contributed by atoms with E-state index in [1.165, 1.54) is 19.3 Å². The first-order valence-corrected chi connectivity index (χ1v) is 11.3. The van der Waals surface area contributed by atoms with E-state index in [0.29, 0.717) is 34.8 Å². The van der Waals surface area contributed by atoms with Crippen molar-refractivity contribution in [1.82, 2.24) is 20.5 Å². The zero-order chi connectivity index (χ0) is 20.9. The quantitative estimate of drug-likeness (QED) is 0.752. The number of aromatic nitrogens is 1. The summed E-state index contributed by atoms with van der Waals surface area (Å²) >= 11 is 0. The summed E-state index contributed by atoms with van der Waals surface area (Å²) in [5.74, 6) is -0.0346. The summed E-state index contributed by atoms with van der Waals surface area (Å²) in [5.41, 5.74) is 1.85. The van der Waals surface area contributed by atoms with E-state index in [4.69, 9.17) is 9.40 Å². The molecule has 170 valence electrons. The van der Waals surface area contributed by atoms with E-state index in [2.05, 4.69) is 41.3 Å². The Labute approximate surface area is 190 Å². The molecule has 2 bridgehead atoms. The summed E-state index contributed by atoms with van der Waals surface area (Å²) < 4.78 is 6.10. The van der Waals surface area contributed by atoms with E-state index in [0.717, 1.165) is 32.5 Å². The number of hydrogen-bond donors (Lipinski definition) is 2. The van der Waals surface area contributed by atoms with Gasteiger partial charge in [-0.15, -0.1) is 12.4 Å². The summed E-state index contributed by atoms with van der Waals surface area (Å²) in [5, 5.41) is 6.74. The molecule has 7 nitrogen and oxygen atoms in total. The maximum Gasteiger partial charge on any atom is 0.298 e. The van der Waals surface area contributed by atoms with Gasteiger partial charge in [-0.2, -0.15) is 4.98 Å². The van der Waals surface area contributed by atoms with Crippen LogP contribution in [0.1, 0.15) is 56.3 Å². The van der Waals surface area contributed by atoms with Crippen LogP contribution < -0.4 is 15.5 Å². The maximum absolute atomic E-state index is 13.2. The average Bonchev–Trinajstić information content (AvgIpc) is 3.12. The Kier molecular flexibility index (Phi) is 6.21. The van der Waals surface area contributed by atoms with Crippen LogP contribution in [0.3, 0.4) is 0 Å². The summed E-state index contributed by atoms with van der Waals surface area (Å²) in [6.45, 7) is 6.96. The number of anilines is 1. The van der Waals surface area contributed by atoms with Crippen molar-refractivity contribution < 1.29 is 9.21 Å². The minimum Gasteiger partial charge on any atom is -0.423 e. The number of fused-ring (bicyclic) bond motifs is 3. The lowest BCUT2D eigenvalue weighted by Gasteiger charge is -2.47. The number of carbonyl (C=O) groups is 1. The molecule has 2 N–H and O–H groups in total. The Bertz CT molecular complexity index is 931. The lowest BCUT2D eigenvalue weighted by Crippen LogP contribution is -2.58. The lowest BCUT2D eigenvalue weighted by atomic mass is 9.82. The smallest absolute Gasteiger partial charge is 0.298 e. The third kappa shape index (κ3) is 4.15. The molecular weight excluding hydrogens is 414 g/mol. The number of oxazole rings is 1. The molecule has 1 amide bonds. The number of piperidine rings is 2. The van der Waals surface area contributed by atoms with Crippen LogP contribution in [0.4, 0.5) is 6.01 Å². The molecule has 8 heteroatoms. The number of piperazine rings is 1. The molecule has 0 aliphatic carbocycles. The van der Waals surface area contributed by atoms with E-state index >= 15 is 0 Å². The van der Waals surface area contributed by atoms with Crippen LogP contribution in [-0.2, 0) is 0 Å². The summed E-state index contributed by atoms with van der Waals surface area (Å²) in [6, 6.07) is 7.67. The zero-order valence-corrected chi connectivity index (χ0v) is 19.5. The first-order valence-electron chi connectivity index (χ1n) is 11.3. The van der Waals surface area contributed by atoms with E-state index in [1.807, 2.05) is 18.2 Å². The second kappa shape index (κ2) is 8.60. The first kappa shape index (κ1) is 22.4. The van der Waals surface area contributed by atoms with Crippen molar-refractivity contribution in [3.05, 3.63) is 23.8 Å². The van der Waals surface area contributed by atoms with Crippen LogP contribution in [0.2, 0.25) is 0 Å². The molecular formula is C23H34ClN5O2. The van der Waals surface area contributed by atoms with Gasteiger partial charge in [0.05, 0.1) is 11.1 Å². The monoisotopic (exact) mass is 447 g/mol. The van der Waals surface area contributed by atoms with Crippen molar-refractivity contribution in [1.29, 1.82) is 0 Å². The largest absolute Gasteiger partial charge is 0.423 e. The molecule has 0 spiro atoms. The van der Waals surface area contributed by atoms with Crippen LogP contribution in [0.25, 0.3) is 11.1 Å². The molecule has 3 aliphatic heterocycles. The van der Waals surface area contributed by atoms with Crippen LogP contribution in [0.5, 0.6) is 0 Å². The first-order chi connectivity index (χ1) is 14.4. The third-order valence-corrected chi connectivity index (χ3v) is 7.36. The standard InChI is InChI=1S/C23H33N5O2.ClH/c1-23(2)14-24-10-11-28(23)22-26-20-18(8-5-9-19(20)30-22)21(29)25-15-12-16-6-4-7-17(13-15)27(16)3;/h5,8-9,15-17,24H,4,6-7,10-14H2,1-3H3,(H,25,29);1H. The van der Waals surface area contributed by atoms with Gasteiger partial charge in [0.2, 0.25) is 0 Å². The van der Waals surface area contributed by atoms with E-state index in [1.54, 1.807) is 0 Å². The highest BCUT2D eigenvalue weighted by molar-refractivity contribution is 6.04. The topological polar surface area (TPSA) is 73.6 Å². The van der Waals surface area contributed by atoms with Crippen molar-refractivity contribution in [3.8, 4) is 0 Å². The molecule has 3 fully saturated rings. The van der Waals surface area contributed by atoms with Gasteiger partial charge in [0.15, 0.2) is 5.58 Å². The molecule has 2 unspecified atom stereocenters. The normalized spacial score (nSPS) is 28.2. The van der Waals surface area contributed by atoms with Gasteiger partial charge >= 0.3 is 0 Å². The number of para-hydroxylation sites is 1. The second-order valence-corrected chi connectivity index (χ2v) is 9.84. The number of hydrogen-bond acceptors (Lipinski definition) is 6. The Morgan fingerprint density at radius 2 is 2.00 bits per heavy atom. The molecule has 4 heterocycles. The number of amides is 1. The fourth-order valence-electron chi connectivity index (χ4n) is 5.57. The van der Waals surface area contributed by atoms with Crippen molar-refractivity contribution >= 4 is 35.4 Å². The fourth-order valence-corrected chi connectivity index (χ4v) is 5.57. The van der Waals surface area contributed by atoms with E-state index in [-0.39, 0.29) is 29.9 Å². The minimum atomic E-state index is -0.0898. The van der Waals surface area contributed by atoms with Gasteiger partial charge in [-0.25, -0.2) is 0 Å². The molecule has 31 heavy (non-hydrogen) atoms. The van der Waals surface area contributed by atoms with Crippen molar-refractivity contribution in [2.24, 2.45) is 0 Å². The highest BCUT2D eigenvalue weighted by Gasteiger charge is 2.37. The lowest BCUT2D eigenvalue weighted by molar-refractivity contribution is 0.0463. The van der Waals surface area contributed by atoms with Crippen LogP contribution in [-0.4, -0.2) is 66.1 Å². The van der Waals surface area contributed by atoms with Gasteiger partial charge in [0.1, 0.15) is 5.52 Å². The molecule has 1 aromatic heterocycles. The van der Waals surface area contributed by atoms with Crippen LogP contribution in [0.15, 0.2) is 22.6 Å². The summed E-state index contributed by atoms with van der Waals surface area (Å²) in [7, 11) is 2.24. The predicted molar refractivity (Wildman–Crippen MR) is 125 cm³/mol. The number of carbonyl (C=O) groups excluding carboxylic acids is 1. The Morgan fingerprint density at radius 1 is 1.26 bits per heavy atom. The molecule has 0 radical (unpaired) electrons. The molecule has 5 rings (SSSR count). The minimum absolute atomic E-state index is 0. The Morgan fingerprint density at radius 3 is 2.71 bits per heavy atom. The van der Waals surface area contributed by atoms with Crippen molar-refractivity contribution in [2.45, 2.75) is 69.6 Å². The second-order valence-electron chi connectivity index (χ2n) is 9.84. The molecule has 3 aliphatic rings. The SMILES string of the molecule is CN1C2CCCC1CC(NC(=O)c1cccc3oc(N4CCNCC4(C)C)nc13)C2.Cl. The van der Waals surface area contributed by atoms with Gasteiger partial charge in [-0.1, -0.05) is 12.5 Å². The zero-order valence-electron chi connectivity index (χ0n) is 18.7. The van der Waals surface area contributed by atoms with Crippen LogP contribution >= 0.6 is 12.4 Å². The molecule has 2 atom stereocenters. The Hall–Kier alpha value is -1.83. The van der Waals surface area contributed by atoms with Crippen LogP contribution in [0, 0.1) is 0 Å². The summed E-state index contributed by atoms with van der Waals surface area (Å²) in [6.07, 6.45) is 5.86. The third-order valence-electron chi connectivity index (χ3n) is 7.36. The van der Waals surface area contributed by atoms with Gasteiger partial charge in [0.25, 0.3) is 11.9 Å². The molecule has 2 aromatic rings. The average molecular weight is 448 g/mol. The predicted octanol–water partition coefficient (Wildman–Crippen LogP) is 3.18. The fraction of sp³-hybridized carbons (Fsp3) is 0.652. The highest BCUT2D eigenvalue weighted by Crippen LogP contribution is 2.33. The number of rotatable bonds is 3. The molecule has 1 aromatic carbocycles. The van der Waals surface area contributed by atoms with Crippen molar-refractivity contribution in [2.75, 3.05) is 31.6 Å². The highest BCUT2D eigenvalue weighted by atomic mass is 35.5. The molecule has 3 saturated heterocycles. The van der Waals surface area contributed by atoms with Gasteiger partial charge in [-0.3, -0.25) is 4.79 Å². The number of nitrogens with one attached hydrogen (secondary N) is 2. The van der Waals surface area contributed by atoms with Crippen molar-refractivity contribution in [3.63, 3.8) is 0 Å². The van der Waals surface area contributed by atoms with E-state index in [9.17, 15) is 4.79 Å². The molecule has 0 saturated carbocycles. The number of benzene rings is 1. The van der Waals surface area contributed by atoms with Gasteiger partial charge < -0.3 is 24.9 Å².